The van der Waals surface area contributed by atoms with Gasteiger partial charge in [0.25, 0.3) is 0 Å². The van der Waals surface area contributed by atoms with Gasteiger partial charge in [0.15, 0.2) is 0 Å². The first-order valence-electron chi connectivity index (χ1n) is 9.48. The van der Waals surface area contributed by atoms with Crippen LogP contribution in [0, 0.1) is 0 Å². The highest BCUT2D eigenvalue weighted by Gasteiger charge is 2.41. The van der Waals surface area contributed by atoms with Gasteiger partial charge in [-0.05, 0) is 24.8 Å². The Balaban J connectivity index is 1.58. The Kier molecular flexibility index (Phi) is 6.26. The summed E-state index contributed by atoms with van der Waals surface area (Å²) in [6.07, 6.45) is 6.36. The maximum atomic E-state index is 12.6. The van der Waals surface area contributed by atoms with Gasteiger partial charge in [-0.1, -0.05) is 56.0 Å². The number of nitrogens with one attached hydrogen (secondary N) is 1. The summed E-state index contributed by atoms with van der Waals surface area (Å²) in [5.41, 5.74) is 0.840. The number of carbonyl (C=O) groups excluding carboxylic acids is 3. The van der Waals surface area contributed by atoms with Crippen LogP contribution in [0.25, 0.3) is 0 Å². The molecule has 1 heterocycles. The molecule has 1 saturated heterocycles. The zero-order valence-corrected chi connectivity index (χ0v) is 15.0. The fourth-order valence-corrected chi connectivity index (χ4v) is 3.67. The molecule has 2 aliphatic rings. The number of amides is 3. The fourth-order valence-electron chi connectivity index (χ4n) is 3.67. The van der Waals surface area contributed by atoms with Gasteiger partial charge in [-0.2, -0.15) is 0 Å². The third-order valence-corrected chi connectivity index (χ3v) is 5.12. The van der Waals surface area contributed by atoms with Gasteiger partial charge >= 0.3 is 6.09 Å². The first-order chi connectivity index (χ1) is 12.6. The van der Waals surface area contributed by atoms with Crippen LogP contribution in [0.1, 0.15) is 56.9 Å². The molecule has 1 aromatic carbocycles. The van der Waals surface area contributed by atoms with E-state index in [1.807, 2.05) is 30.3 Å². The van der Waals surface area contributed by atoms with Crippen molar-refractivity contribution < 1.29 is 19.1 Å². The Labute approximate surface area is 153 Å². The van der Waals surface area contributed by atoms with E-state index in [2.05, 4.69) is 5.32 Å². The Morgan fingerprint density at radius 2 is 1.73 bits per heavy atom. The number of ether oxygens (including phenoxy) is 1. The molecule has 26 heavy (non-hydrogen) atoms. The Morgan fingerprint density at radius 3 is 2.42 bits per heavy atom. The molecule has 1 saturated carbocycles. The van der Waals surface area contributed by atoms with Gasteiger partial charge in [0.05, 0.1) is 0 Å². The third kappa shape index (κ3) is 4.62. The van der Waals surface area contributed by atoms with Crippen LogP contribution in [0.2, 0.25) is 0 Å². The number of hydrogen-bond donors (Lipinski definition) is 1. The zero-order valence-electron chi connectivity index (χ0n) is 15.0. The maximum absolute atomic E-state index is 12.6. The summed E-state index contributed by atoms with van der Waals surface area (Å²) in [7, 11) is 0. The summed E-state index contributed by atoms with van der Waals surface area (Å²) in [6, 6.07) is 8.66. The van der Waals surface area contributed by atoms with Crippen LogP contribution in [0.3, 0.4) is 0 Å². The van der Waals surface area contributed by atoms with E-state index >= 15 is 0 Å². The smallest absolute Gasteiger partial charge is 0.417 e. The maximum Gasteiger partial charge on any atom is 0.417 e. The van der Waals surface area contributed by atoms with E-state index in [-0.39, 0.29) is 30.9 Å². The van der Waals surface area contributed by atoms with Crippen molar-refractivity contribution in [2.45, 2.75) is 70.1 Å². The first-order valence-corrected chi connectivity index (χ1v) is 9.48. The van der Waals surface area contributed by atoms with Crippen molar-refractivity contribution in [3.63, 3.8) is 0 Å². The van der Waals surface area contributed by atoms with Gasteiger partial charge in [-0.3, -0.25) is 9.59 Å². The molecule has 0 radical (unpaired) electrons. The van der Waals surface area contributed by atoms with Crippen molar-refractivity contribution in [3.8, 4) is 0 Å². The van der Waals surface area contributed by atoms with E-state index in [0.717, 1.165) is 36.1 Å². The largest absolute Gasteiger partial charge is 0.444 e. The minimum atomic E-state index is -0.756. The van der Waals surface area contributed by atoms with Crippen molar-refractivity contribution in [1.29, 1.82) is 0 Å². The molecule has 140 valence electrons. The normalized spacial score (nSPS) is 21.3. The van der Waals surface area contributed by atoms with Crippen LogP contribution < -0.4 is 5.32 Å². The summed E-state index contributed by atoms with van der Waals surface area (Å²) in [4.78, 5) is 38.2. The Hall–Kier alpha value is -2.37. The third-order valence-electron chi connectivity index (χ3n) is 5.12. The molecule has 0 spiro atoms. The molecule has 6 nitrogen and oxygen atoms in total. The van der Waals surface area contributed by atoms with Gasteiger partial charge in [-0.25, -0.2) is 9.69 Å². The zero-order chi connectivity index (χ0) is 18.4. The van der Waals surface area contributed by atoms with Crippen LogP contribution in [-0.2, 0) is 20.9 Å². The van der Waals surface area contributed by atoms with Crippen molar-refractivity contribution in [1.82, 2.24) is 10.2 Å². The van der Waals surface area contributed by atoms with E-state index in [1.165, 1.54) is 12.8 Å². The molecule has 1 atom stereocenters. The number of likely N-dealkylation sites (tertiary alicyclic amines) is 1. The second-order valence-electron chi connectivity index (χ2n) is 7.06. The van der Waals surface area contributed by atoms with Crippen LogP contribution in [-0.4, -0.2) is 34.9 Å². The second-order valence-corrected chi connectivity index (χ2v) is 7.06. The summed E-state index contributed by atoms with van der Waals surface area (Å²) < 4.78 is 5.26. The highest BCUT2D eigenvalue weighted by molar-refractivity contribution is 6.00. The quantitative estimate of drug-likeness (QED) is 0.839. The molecule has 3 rings (SSSR count). The van der Waals surface area contributed by atoms with Crippen LogP contribution in [0.15, 0.2) is 30.3 Å². The topological polar surface area (TPSA) is 75.7 Å². The van der Waals surface area contributed by atoms with Gasteiger partial charge in [0.1, 0.15) is 12.6 Å². The molecule has 6 heteroatoms. The monoisotopic (exact) mass is 358 g/mol. The summed E-state index contributed by atoms with van der Waals surface area (Å²) >= 11 is 0. The van der Waals surface area contributed by atoms with Crippen LogP contribution >= 0.6 is 0 Å². The molecule has 2 fully saturated rings. The van der Waals surface area contributed by atoms with E-state index in [0.29, 0.717) is 6.42 Å². The van der Waals surface area contributed by atoms with E-state index in [1.54, 1.807) is 0 Å². The lowest BCUT2D eigenvalue weighted by molar-refractivity contribution is -0.134. The van der Waals surface area contributed by atoms with Crippen molar-refractivity contribution >= 4 is 17.9 Å². The van der Waals surface area contributed by atoms with E-state index in [9.17, 15) is 14.4 Å². The summed E-state index contributed by atoms with van der Waals surface area (Å²) in [5.74, 6) is -0.580. The highest BCUT2D eigenvalue weighted by Crippen LogP contribution is 2.22. The number of benzene rings is 1. The van der Waals surface area contributed by atoms with Crippen molar-refractivity contribution in [2.24, 2.45) is 0 Å². The molecular formula is C20H26N2O4. The van der Waals surface area contributed by atoms with Gasteiger partial charge in [0.2, 0.25) is 11.8 Å². The average molecular weight is 358 g/mol. The SMILES string of the molecule is O=C(NC1CCCCCC1)C1CCC(=O)N1C(=O)OCc1ccccc1. The molecule has 1 N–H and O–H groups in total. The van der Waals surface area contributed by atoms with E-state index in [4.69, 9.17) is 4.74 Å². The number of hydrogen-bond acceptors (Lipinski definition) is 4. The van der Waals surface area contributed by atoms with Gasteiger partial charge in [0, 0.05) is 12.5 Å². The Bertz CT molecular complexity index is 638. The van der Waals surface area contributed by atoms with Gasteiger partial charge < -0.3 is 10.1 Å². The summed E-state index contributed by atoms with van der Waals surface area (Å²) in [6.45, 7) is 0.0837. The van der Waals surface area contributed by atoms with Crippen molar-refractivity contribution in [2.75, 3.05) is 0 Å². The molecular weight excluding hydrogens is 332 g/mol. The molecule has 1 aliphatic heterocycles. The minimum Gasteiger partial charge on any atom is -0.444 e. The molecule has 0 aromatic heterocycles. The molecule has 3 amide bonds. The molecule has 1 aliphatic carbocycles. The minimum absolute atomic E-state index is 0.0837. The standard InChI is InChI=1S/C20H26N2O4/c23-18-13-12-17(19(24)21-16-10-6-1-2-7-11-16)22(18)20(25)26-14-15-8-4-3-5-9-15/h3-5,8-9,16-17H,1-2,6-7,10-14H2,(H,21,24). The average Bonchev–Trinajstić information content (AvgIpc) is 2.86. The Morgan fingerprint density at radius 1 is 1.04 bits per heavy atom. The predicted molar refractivity (Wildman–Crippen MR) is 96.1 cm³/mol. The number of nitrogens with zero attached hydrogens (tertiary/aromatic N) is 1. The first kappa shape index (κ1) is 18.4. The molecule has 1 aromatic rings. The molecule has 1 unspecified atom stereocenters. The lowest BCUT2D eigenvalue weighted by Crippen LogP contribution is -2.50. The molecule has 0 bridgehead atoms. The number of carbonyl (C=O) groups is 3. The number of imide groups is 1. The van der Waals surface area contributed by atoms with Crippen LogP contribution in [0.5, 0.6) is 0 Å². The summed E-state index contributed by atoms with van der Waals surface area (Å²) in [5, 5.41) is 3.04. The fraction of sp³-hybridized carbons (Fsp3) is 0.550. The van der Waals surface area contributed by atoms with Gasteiger partial charge in [-0.15, -0.1) is 0 Å². The lowest BCUT2D eigenvalue weighted by Gasteiger charge is -2.24. The van der Waals surface area contributed by atoms with Crippen LogP contribution in [0.4, 0.5) is 4.79 Å². The predicted octanol–water partition coefficient (Wildman–Crippen LogP) is 3.15. The van der Waals surface area contributed by atoms with Crippen molar-refractivity contribution in [3.05, 3.63) is 35.9 Å². The number of rotatable bonds is 4. The highest BCUT2D eigenvalue weighted by atomic mass is 16.6. The lowest BCUT2D eigenvalue weighted by atomic mass is 10.1. The second kappa shape index (κ2) is 8.83. The van der Waals surface area contributed by atoms with E-state index < -0.39 is 12.1 Å².